The molecule has 0 atom stereocenters. The number of aliphatic carboxylic acids is 1. The van der Waals surface area contributed by atoms with Gasteiger partial charge in [0.25, 0.3) is 0 Å². The van der Waals surface area contributed by atoms with Gasteiger partial charge in [0, 0.05) is 0 Å². The number of methoxy groups -OCH3 is 1. The molecule has 0 saturated carbocycles. The minimum Gasteiger partial charge on any atom is -0.480 e. The number of ether oxygens (including phenoxy) is 1. The summed E-state index contributed by atoms with van der Waals surface area (Å²) in [5, 5.41) is 8.63. The Morgan fingerprint density at radius 2 is 1.79 bits per heavy atom. The Labute approximate surface area is 81.8 Å². The predicted octanol–water partition coefficient (Wildman–Crippen LogP) is -0.563. The van der Waals surface area contributed by atoms with Crippen molar-refractivity contribution in [2.45, 2.75) is 18.6 Å². The third-order valence-electron chi connectivity index (χ3n) is 1.83. The highest BCUT2D eigenvalue weighted by atomic mass is 32.2. The van der Waals surface area contributed by atoms with Gasteiger partial charge in [-0.25, -0.2) is 8.42 Å². The molecule has 0 saturated heterocycles. The first kappa shape index (κ1) is 12.9. The van der Waals surface area contributed by atoms with Crippen LogP contribution in [0.4, 0.5) is 0 Å². The molecule has 0 aromatic heterocycles. The summed E-state index contributed by atoms with van der Waals surface area (Å²) in [4.78, 5) is 21.3. The van der Waals surface area contributed by atoms with E-state index >= 15 is 0 Å². The first-order valence-corrected chi connectivity index (χ1v) is 5.33. The van der Waals surface area contributed by atoms with Crippen LogP contribution in [-0.2, 0) is 24.2 Å². The lowest BCUT2D eigenvalue weighted by Crippen LogP contribution is -2.43. The van der Waals surface area contributed by atoms with Crippen LogP contribution >= 0.6 is 0 Å². The zero-order valence-corrected chi connectivity index (χ0v) is 8.92. The van der Waals surface area contributed by atoms with Crippen LogP contribution < -0.4 is 0 Å². The molecule has 0 aromatic carbocycles. The maximum Gasteiger partial charge on any atom is 0.324 e. The first-order chi connectivity index (χ1) is 6.15. The van der Waals surface area contributed by atoms with Crippen LogP contribution in [0.25, 0.3) is 0 Å². The summed E-state index contributed by atoms with van der Waals surface area (Å²) in [6, 6.07) is 0. The van der Waals surface area contributed by atoms with E-state index in [1.54, 1.807) is 0 Å². The summed E-state index contributed by atoms with van der Waals surface area (Å²) in [7, 11) is -3.01. The van der Waals surface area contributed by atoms with Crippen molar-refractivity contribution < 1.29 is 27.9 Å². The average Bonchev–Trinajstić information content (AvgIpc) is 2.02. The molecule has 0 amide bonds. The summed E-state index contributed by atoms with van der Waals surface area (Å²) in [6.07, 6.45) is 0. The SMILES string of the molecule is COC(=O)CS(=O)(=O)C(C)(C)C(=O)O. The Bertz CT molecular complexity index is 339. The zero-order valence-electron chi connectivity index (χ0n) is 8.10. The van der Waals surface area contributed by atoms with E-state index in [2.05, 4.69) is 4.74 Å². The van der Waals surface area contributed by atoms with Crippen molar-refractivity contribution in [3.05, 3.63) is 0 Å². The van der Waals surface area contributed by atoms with Gasteiger partial charge in [0.2, 0.25) is 0 Å². The van der Waals surface area contributed by atoms with Crippen molar-refractivity contribution in [2.24, 2.45) is 0 Å². The lowest BCUT2D eigenvalue weighted by molar-refractivity contribution is -0.139. The lowest BCUT2D eigenvalue weighted by atomic mass is 10.2. The van der Waals surface area contributed by atoms with Gasteiger partial charge < -0.3 is 9.84 Å². The molecule has 0 aromatic rings. The molecule has 1 N–H and O–H groups in total. The second-order valence-corrected chi connectivity index (χ2v) is 5.69. The molecule has 0 aliphatic heterocycles. The Morgan fingerprint density at radius 3 is 2.07 bits per heavy atom. The molecular weight excluding hydrogens is 212 g/mol. The largest absolute Gasteiger partial charge is 0.480 e. The monoisotopic (exact) mass is 224 g/mol. The highest BCUT2D eigenvalue weighted by Crippen LogP contribution is 2.17. The van der Waals surface area contributed by atoms with E-state index in [-0.39, 0.29) is 0 Å². The van der Waals surface area contributed by atoms with Crippen molar-refractivity contribution in [3.8, 4) is 0 Å². The van der Waals surface area contributed by atoms with Crippen molar-refractivity contribution in [3.63, 3.8) is 0 Å². The minimum absolute atomic E-state index is 0.928. The number of hydrogen-bond acceptors (Lipinski definition) is 5. The predicted molar refractivity (Wildman–Crippen MR) is 47.5 cm³/mol. The molecule has 14 heavy (non-hydrogen) atoms. The van der Waals surface area contributed by atoms with Gasteiger partial charge >= 0.3 is 11.9 Å². The molecular formula is C7H12O6S. The number of carbonyl (C=O) groups excluding carboxylic acids is 1. The van der Waals surface area contributed by atoms with Gasteiger partial charge in [0.15, 0.2) is 14.6 Å². The van der Waals surface area contributed by atoms with E-state index in [9.17, 15) is 18.0 Å². The highest BCUT2D eigenvalue weighted by Gasteiger charge is 2.43. The number of carboxylic acid groups (broad SMARTS) is 1. The highest BCUT2D eigenvalue weighted by molar-refractivity contribution is 7.94. The van der Waals surface area contributed by atoms with Crippen molar-refractivity contribution >= 4 is 21.8 Å². The lowest BCUT2D eigenvalue weighted by Gasteiger charge is -2.18. The van der Waals surface area contributed by atoms with Gasteiger partial charge in [0.05, 0.1) is 7.11 Å². The second-order valence-electron chi connectivity index (χ2n) is 3.15. The normalized spacial score (nSPS) is 12.2. The fourth-order valence-electron chi connectivity index (χ4n) is 0.528. The van der Waals surface area contributed by atoms with Crippen LogP contribution in [0.2, 0.25) is 0 Å². The molecule has 0 aliphatic carbocycles. The van der Waals surface area contributed by atoms with Crippen LogP contribution in [-0.4, -0.2) is 43.1 Å². The van der Waals surface area contributed by atoms with Crippen LogP contribution in [0, 0.1) is 0 Å². The van der Waals surface area contributed by atoms with E-state index in [0.717, 1.165) is 21.0 Å². The molecule has 0 spiro atoms. The van der Waals surface area contributed by atoms with Crippen molar-refractivity contribution in [1.82, 2.24) is 0 Å². The third kappa shape index (κ3) is 2.44. The van der Waals surface area contributed by atoms with Crippen LogP contribution in [0.3, 0.4) is 0 Å². The van der Waals surface area contributed by atoms with Gasteiger partial charge in [-0.15, -0.1) is 0 Å². The van der Waals surface area contributed by atoms with Gasteiger partial charge in [0.1, 0.15) is 5.75 Å². The fourth-order valence-corrected chi connectivity index (χ4v) is 1.58. The Kier molecular flexibility index (Phi) is 3.64. The number of esters is 1. The van der Waals surface area contributed by atoms with E-state index in [1.165, 1.54) is 0 Å². The minimum atomic E-state index is -4.04. The summed E-state index contributed by atoms with van der Waals surface area (Å²) < 4.78 is 24.9. The van der Waals surface area contributed by atoms with Crippen LogP contribution in [0.5, 0.6) is 0 Å². The number of carbonyl (C=O) groups is 2. The van der Waals surface area contributed by atoms with Gasteiger partial charge in [-0.1, -0.05) is 0 Å². The third-order valence-corrected chi connectivity index (χ3v) is 4.17. The van der Waals surface area contributed by atoms with Crippen molar-refractivity contribution in [1.29, 1.82) is 0 Å². The first-order valence-electron chi connectivity index (χ1n) is 3.67. The quantitative estimate of drug-likeness (QED) is 0.642. The molecule has 82 valence electrons. The Hall–Kier alpha value is -1.11. The van der Waals surface area contributed by atoms with Gasteiger partial charge in [-0.3, -0.25) is 9.59 Å². The van der Waals surface area contributed by atoms with Crippen LogP contribution in [0.15, 0.2) is 0 Å². The molecule has 7 heteroatoms. The van der Waals surface area contributed by atoms with Crippen LogP contribution in [0.1, 0.15) is 13.8 Å². The molecule has 0 rings (SSSR count). The van der Waals surface area contributed by atoms with E-state index in [1.807, 2.05) is 0 Å². The molecule has 0 aliphatic rings. The standard InChI is InChI=1S/C7H12O6S/c1-7(2,6(9)10)14(11,12)4-5(8)13-3/h4H2,1-3H3,(H,9,10). The molecule has 0 unspecified atom stereocenters. The van der Waals surface area contributed by atoms with Gasteiger partial charge in [-0.05, 0) is 13.8 Å². The molecule has 0 bridgehead atoms. The summed E-state index contributed by atoms with van der Waals surface area (Å²) in [5.74, 6) is -3.40. The van der Waals surface area contributed by atoms with E-state index in [0.29, 0.717) is 0 Å². The summed E-state index contributed by atoms with van der Waals surface area (Å²) >= 11 is 0. The smallest absolute Gasteiger partial charge is 0.324 e. The van der Waals surface area contributed by atoms with Crippen molar-refractivity contribution in [2.75, 3.05) is 12.9 Å². The second kappa shape index (κ2) is 3.95. The zero-order chi connectivity index (χ0) is 11.6. The summed E-state index contributed by atoms with van der Waals surface area (Å²) in [6.45, 7) is 2.04. The fraction of sp³-hybridized carbons (Fsp3) is 0.714. The topological polar surface area (TPSA) is 97.7 Å². The summed E-state index contributed by atoms with van der Waals surface area (Å²) in [5.41, 5.74) is 0. The maximum atomic E-state index is 11.4. The van der Waals surface area contributed by atoms with E-state index < -0.39 is 32.3 Å². The Balaban J connectivity index is 4.98. The maximum absolute atomic E-state index is 11.4. The number of sulfone groups is 1. The van der Waals surface area contributed by atoms with E-state index in [4.69, 9.17) is 5.11 Å². The molecule has 0 radical (unpaired) electrons. The molecule has 0 heterocycles. The van der Waals surface area contributed by atoms with Gasteiger partial charge in [-0.2, -0.15) is 0 Å². The number of hydrogen-bond donors (Lipinski definition) is 1. The molecule has 0 fully saturated rings. The molecule has 6 nitrogen and oxygen atoms in total. The number of carboxylic acids is 1. The Morgan fingerprint density at radius 1 is 1.36 bits per heavy atom. The number of rotatable bonds is 4. The average molecular weight is 224 g/mol.